The van der Waals surface area contributed by atoms with Crippen LogP contribution in [0.3, 0.4) is 0 Å². The Kier molecular flexibility index (Phi) is 4.96. The average Bonchev–Trinajstić information content (AvgIpc) is 2.87. The van der Waals surface area contributed by atoms with Gasteiger partial charge in [-0.3, -0.25) is 0 Å². The number of nitrogens with one attached hydrogen (secondary N) is 1. The molecule has 0 aliphatic carbocycles. The predicted molar refractivity (Wildman–Crippen MR) is 77.6 cm³/mol. The number of aryl methyl sites for hydroxylation is 1. The Bertz CT molecular complexity index is 410. The highest BCUT2D eigenvalue weighted by Crippen LogP contribution is 2.26. The summed E-state index contributed by atoms with van der Waals surface area (Å²) in [6.45, 7) is 7.38. The van der Waals surface area contributed by atoms with Crippen molar-refractivity contribution in [3.05, 3.63) is 11.8 Å². The van der Waals surface area contributed by atoms with E-state index in [1.54, 1.807) is 0 Å². The molecule has 1 atom stereocenters. The molecular weight excluding hydrogens is 240 g/mol. The number of aromatic nitrogens is 2. The summed E-state index contributed by atoms with van der Waals surface area (Å²) in [5.41, 5.74) is 1.12. The number of hydrogen-bond acceptors (Lipinski definition) is 5. The van der Waals surface area contributed by atoms with Gasteiger partial charge in [-0.25, -0.2) is 4.98 Å². The standard InChI is InChI=1S/C14H24N4O/c1-3-6-15-14-16-9-11(2)13(17-14)18-7-4-12(10-18)5-8-19/h9,12,19H,3-8,10H2,1-2H3,(H,15,16,17). The maximum absolute atomic E-state index is 9.03. The fourth-order valence-corrected chi connectivity index (χ4v) is 2.52. The molecule has 0 bridgehead atoms. The fraction of sp³-hybridized carbons (Fsp3) is 0.714. The molecule has 0 spiro atoms. The molecule has 1 unspecified atom stereocenters. The van der Waals surface area contributed by atoms with Gasteiger partial charge in [0, 0.05) is 38.0 Å². The zero-order valence-corrected chi connectivity index (χ0v) is 11.9. The maximum atomic E-state index is 9.03. The van der Waals surface area contributed by atoms with E-state index in [4.69, 9.17) is 5.11 Å². The normalized spacial score (nSPS) is 18.9. The first-order valence-corrected chi connectivity index (χ1v) is 7.18. The van der Waals surface area contributed by atoms with E-state index in [0.717, 1.165) is 50.3 Å². The van der Waals surface area contributed by atoms with Gasteiger partial charge in [0.2, 0.25) is 5.95 Å². The Morgan fingerprint density at radius 1 is 1.53 bits per heavy atom. The molecule has 0 saturated carbocycles. The summed E-state index contributed by atoms with van der Waals surface area (Å²) in [5.74, 6) is 2.34. The number of aliphatic hydroxyl groups is 1. The second-order valence-corrected chi connectivity index (χ2v) is 5.24. The van der Waals surface area contributed by atoms with Crippen LogP contribution in [0.25, 0.3) is 0 Å². The first kappa shape index (κ1) is 14.1. The van der Waals surface area contributed by atoms with Crippen molar-refractivity contribution >= 4 is 11.8 Å². The van der Waals surface area contributed by atoms with E-state index in [1.807, 2.05) is 6.20 Å². The summed E-state index contributed by atoms with van der Waals surface area (Å²) in [5, 5.41) is 12.3. The lowest BCUT2D eigenvalue weighted by Gasteiger charge is -2.20. The minimum absolute atomic E-state index is 0.282. The van der Waals surface area contributed by atoms with Gasteiger partial charge >= 0.3 is 0 Å². The van der Waals surface area contributed by atoms with Crippen LogP contribution >= 0.6 is 0 Å². The maximum Gasteiger partial charge on any atom is 0.224 e. The van der Waals surface area contributed by atoms with E-state index in [-0.39, 0.29) is 6.61 Å². The molecule has 1 aliphatic rings. The molecule has 106 valence electrons. The van der Waals surface area contributed by atoms with Crippen LogP contribution in [0.4, 0.5) is 11.8 Å². The van der Waals surface area contributed by atoms with Crippen molar-refractivity contribution in [3.8, 4) is 0 Å². The zero-order valence-electron chi connectivity index (χ0n) is 11.9. The zero-order chi connectivity index (χ0) is 13.7. The van der Waals surface area contributed by atoms with Gasteiger partial charge in [-0.05, 0) is 32.1 Å². The van der Waals surface area contributed by atoms with Gasteiger partial charge in [-0.15, -0.1) is 0 Å². The van der Waals surface area contributed by atoms with Crippen LogP contribution in [0.15, 0.2) is 6.20 Å². The van der Waals surface area contributed by atoms with Gasteiger partial charge in [0.25, 0.3) is 0 Å². The number of anilines is 2. The van der Waals surface area contributed by atoms with E-state index >= 15 is 0 Å². The van der Waals surface area contributed by atoms with E-state index in [1.165, 1.54) is 0 Å². The van der Waals surface area contributed by atoms with Crippen molar-refractivity contribution in [2.24, 2.45) is 5.92 Å². The molecule has 1 aromatic heterocycles. The lowest BCUT2D eigenvalue weighted by molar-refractivity contribution is 0.263. The summed E-state index contributed by atoms with van der Waals surface area (Å²) < 4.78 is 0. The molecule has 0 radical (unpaired) electrons. The van der Waals surface area contributed by atoms with Crippen LogP contribution in [0.2, 0.25) is 0 Å². The minimum Gasteiger partial charge on any atom is -0.396 e. The quantitative estimate of drug-likeness (QED) is 0.820. The van der Waals surface area contributed by atoms with E-state index in [0.29, 0.717) is 11.9 Å². The predicted octanol–water partition coefficient (Wildman–Crippen LogP) is 1.82. The molecule has 1 fully saturated rings. The Labute approximate surface area is 115 Å². The highest BCUT2D eigenvalue weighted by Gasteiger charge is 2.24. The monoisotopic (exact) mass is 264 g/mol. The fourth-order valence-electron chi connectivity index (χ4n) is 2.52. The van der Waals surface area contributed by atoms with Crippen LogP contribution in [-0.4, -0.2) is 41.3 Å². The Morgan fingerprint density at radius 2 is 2.37 bits per heavy atom. The number of aliphatic hydroxyl groups excluding tert-OH is 1. The van der Waals surface area contributed by atoms with Crippen molar-refractivity contribution < 1.29 is 5.11 Å². The molecule has 2 N–H and O–H groups in total. The van der Waals surface area contributed by atoms with Crippen LogP contribution in [0.1, 0.15) is 31.7 Å². The van der Waals surface area contributed by atoms with E-state index in [2.05, 4.69) is 34.0 Å². The second kappa shape index (κ2) is 6.70. The SMILES string of the molecule is CCCNc1ncc(C)c(N2CCC(CCO)C2)n1. The number of nitrogens with zero attached hydrogens (tertiary/aromatic N) is 3. The topological polar surface area (TPSA) is 61.3 Å². The van der Waals surface area contributed by atoms with E-state index < -0.39 is 0 Å². The van der Waals surface area contributed by atoms with Crippen LogP contribution in [0, 0.1) is 12.8 Å². The van der Waals surface area contributed by atoms with Gasteiger partial charge in [0.1, 0.15) is 5.82 Å². The Morgan fingerprint density at radius 3 is 3.11 bits per heavy atom. The van der Waals surface area contributed by atoms with Gasteiger partial charge < -0.3 is 15.3 Å². The van der Waals surface area contributed by atoms with Gasteiger partial charge in [-0.1, -0.05) is 6.92 Å². The Hall–Kier alpha value is -1.36. The molecule has 19 heavy (non-hydrogen) atoms. The molecule has 5 nitrogen and oxygen atoms in total. The summed E-state index contributed by atoms with van der Waals surface area (Å²) in [6.07, 6.45) is 4.98. The first-order chi connectivity index (χ1) is 9.24. The number of rotatable bonds is 6. The summed E-state index contributed by atoms with van der Waals surface area (Å²) in [6, 6.07) is 0. The van der Waals surface area contributed by atoms with E-state index in [9.17, 15) is 0 Å². The third-order valence-electron chi connectivity index (χ3n) is 3.60. The lowest BCUT2D eigenvalue weighted by Crippen LogP contribution is -2.23. The van der Waals surface area contributed by atoms with Crippen LogP contribution in [0.5, 0.6) is 0 Å². The van der Waals surface area contributed by atoms with Gasteiger partial charge in [0.15, 0.2) is 0 Å². The third kappa shape index (κ3) is 3.56. The highest BCUT2D eigenvalue weighted by molar-refractivity contribution is 5.49. The minimum atomic E-state index is 0.282. The largest absolute Gasteiger partial charge is 0.396 e. The highest BCUT2D eigenvalue weighted by atomic mass is 16.3. The molecule has 2 rings (SSSR count). The smallest absolute Gasteiger partial charge is 0.224 e. The summed E-state index contributed by atoms with van der Waals surface area (Å²) in [4.78, 5) is 11.3. The average molecular weight is 264 g/mol. The van der Waals surface area contributed by atoms with Crippen LogP contribution < -0.4 is 10.2 Å². The van der Waals surface area contributed by atoms with Crippen molar-refractivity contribution in [1.82, 2.24) is 9.97 Å². The molecule has 1 saturated heterocycles. The summed E-state index contributed by atoms with van der Waals surface area (Å²) >= 11 is 0. The molecule has 0 amide bonds. The number of hydrogen-bond donors (Lipinski definition) is 2. The lowest BCUT2D eigenvalue weighted by atomic mass is 10.1. The first-order valence-electron chi connectivity index (χ1n) is 7.18. The third-order valence-corrected chi connectivity index (χ3v) is 3.60. The molecule has 1 aromatic rings. The molecule has 1 aliphatic heterocycles. The Balaban J connectivity index is 2.06. The van der Waals surface area contributed by atoms with Gasteiger partial charge in [-0.2, -0.15) is 4.98 Å². The molecular formula is C14H24N4O. The van der Waals surface area contributed by atoms with Crippen molar-refractivity contribution in [1.29, 1.82) is 0 Å². The van der Waals surface area contributed by atoms with Crippen LogP contribution in [-0.2, 0) is 0 Å². The molecule has 0 aromatic carbocycles. The van der Waals surface area contributed by atoms with Crippen molar-refractivity contribution in [2.45, 2.75) is 33.1 Å². The molecule has 5 heteroatoms. The van der Waals surface area contributed by atoms with Gasteiger partial charge in [0.05, 0.1) is 0 Å². The second-order valence-electron chi connectivity index (χ2n) is 5.24. The van der Waals surface area contributed by atoms with Crippen molar-refractivity contribution in [2.75, 3.05) is 36.5 Å². The van der Waals surface area contributed by atoms with Crippen molar-refractivity contribution in [3.63, 3.8) is 0 Å². The molecule has 2 heterocycles. The summed E-state index contributed by atoms with van der Waals surface area (Å²) in [7, 11) is 0.